The lowest BCUT2D eigenvalue weighted by molar-refractivity contribution is -0.212. The van der Waals surface area contributed by atoms with Gasteiger partial charge in [-0.05, 0) is 44.4 Å². The summed E-state index contributed by atoms with van der Waals surface area (Å²) in [6, 6.07) is 0.296. The van der Waals surface area contributed by atoms with Gasteiger partial charge >= 0.3 is 6.09 Å². The Bertz CT molecular complexity index is 588. The molecule has 4 aliphatic rings. The Morgan fingerprint density at radius 3 is 2.59 bits per heavy atom. The fraction of sp³-hybridized carbons (Fsp3) is 0.870. The van der Waals surface area contributed by atoms with Gasteiger partial charge in [-0.15, -0.1) is 0 Å². The number of hydrogen-bond donors (Lipinski definition) is 1. The number of allylic oxidation sites excluding steroid dienone is 1. The van der Waals surface area contributed by atoms with Crippen LogP contribution in [0.4, 0.5) is 4.79 Å². The van der Waals surface area contributed by atoms with Crippen molar-refractivity contribution in [2.45, 2.75) is 90.2 Å². The van der Waals surface area contributed by atoms with Gasteiger partial charge in [-0.3, -0.25) is 0 Å². The second kappa shape index (κ2) is 7.42. The van der Waals surface area contributed by atoms with E-state index in [-0.39, 0.29) is 17.1 Å². The maximum atomic E-state index is 12.4. The third kappa shape index (κ3) is 3.32. The van der Waals surface area contributed by atoms with Gasteiger partial charge in [0, 0.05) is 17.4 Å². The maximum Gasteiger partial charge on any atom is 0.407 e. The molecule has 3 fully saturated rings. The molecule has 1 saturated heterocycles. The van der Waals surface area contributed by atoms with Gasteiger partial charge in [-0.2, -0.15) is 0 Å². The molecule has 1 spiro atoms. The van der Waals surface area contributed by atoms with E-state index in [1.807, 2.05) is 0 Å². The van der Waals surface area contributed by atoms with E-state index in [1.54, 1.807) is 0 Å². The Morgan fingerprint density at radius 2 is 1.89 bits per heavy atom. The largest absolute Gasteiger partial charge is 0.449 e. The monoisotopic (exact) mass is 375 g/mol. The van der Waals surface area contributed by atoms with Crippen molar-refractivity contribution in [1.29, 1.82) is 0 Å². The van der Waals surface area contributed by atoms with E-state index in [1.165, 1.54) is 50.5 Å². The Labute approximate surface area is 164 Å². The zero-order valence-electron chi connectivity index (χ0n) is 17.4. The van der Waals surface area contributed by atoms with E-state index in [2.05, 4.69) is 32.2 Å². The second-order valence-electron chi connectivity index (χ2n) is 9.81. The summed E-state index contributed by atoms with van der Waals surface area (Å²) >= 11 is 0. The zero-order chi connectivity index (χ0) is 19.1. The number of ether oxygens (including phenoxy) is 2. The summed E-state index contributed by atoms with van der Waals surface area (Å²) in [4.78, 5) is 12.4. The van der Waals surface area contributed by atoms with Gasteiger partial charge in [0.05, 0.1) is 12.2 Å². The number of carbonyl (C=O) groups is 1. The van der Waals surface area contributed by atoms with Crippen molar-refractivity contribution >= 4 is 6.09 Å². The first-order valence-corrected chi connectivity index (χ1v) is 11.2. The lowest BCUT2D eigenvalue weighted by atomic mass is 9.53. The molecular weight excluding hydrogens is 338 g/mol. The number of alkyl carbamates (subject to hydrolysis) is 1. The summed E-state index contributed by atoms with van der Waals surface area (Å²) in [7, 11) is 0. The van der Waals surface area contributed by atoms with Crippen molar-refractivity contribution in [3.8, 4) is 0 Å². The molecule has 0 aromatic heterocycles. The number of carbonyl (C=O) groups excluding carboxylic acids is 1. The van der Waals surface area contributed by atoms with E-state index in [9.17, 15) is 4.79 Å². The molecule has 152 valence electrons. The Hall–Kier alpha value is -1.03. The quantitative estimate of drug-likeness (QED) is 0.688. The Balaban J connectivity index is 1.45. The van der Waals surface area contributed by atoms with E-state index in [0.717, 1.165) is 12.8 Å². The van der Waals surface area contributed by atoms with Crippen molar-refractivity contribution in [3.63, 3.8) is 0 Å². The molecule has 4 heteroatoms. The maximum absolute atomic E-state index is 12.4. The lowest BCUT2D eigenvalue weighted by Gasteiger charge is -2.59. The van der Waals surface area contributed by atoms with Crippen molar-refractivity contribution in [2.24, 2.45) is 23.2 Å². The van der Waals surface area contributed by atoms with Gasteiger partial charge in [0.2, 0.25) is 0 Å². The SMILES string of the molecule is CC1=C[C@H](C)[C@@]2(COC(=O)NC3CCCCC3)COC3(CCCC3)[C@@H]1[C@H]2C. The first-order valence-electron chi connectivity index (χ1n) is 11.2. The normalized spacial score (nSPS) is 38.5. The summed E-state index contributed by atoms with van der Waals surface area (Å²) in [6.45, 7) is 8.11. The van der Waals surface area contributed by atoms with Crippen molar-refractivity contribution < 1.29 is 14.3 Å². The molecule has 27 heavy (non-hydrogen) atoms. The minimum absolute atomic E-state index is 0.0357. The highest BCUT2D eigenvalue weighted by molar-refractivity contribution is 5.67. The van der Waals surface area contributed by atoms with Crippen LogP contribution in [0.25, 0.3) is 0 Å². The predicted octanol–water partition coefficient (Wildman–Crippen LogP) is 5.22. The van der Waals surface area contributed by atoms with Crippen molar-refractivity contribution in [3.05, 3.63) is 11.6 Å². The fourth-order valence-corrected chi connectivity index (χ4v) is 6.69. The molecule has 4 atom stereocenters. The molecule has 0 aromatic rings. The van der Waals surface area contributed by atoms with Crippen LogP contribution in [0.1, 0.15) is 78.6 Å². The number of hydrogen-bond acceptors (Lipinski definition) is 3. The van der Waals surface area contributed by atoms with E-state index in [0.29, 0.717) is 37.0 Å². The molecular formula is C23H37NO3. The standard InChI is InChI=1S/C23H37NO3/c1-16-13-17(2)22(14-26-21(25)24-19-9-5-4-6-10-19)15-27-23(11-7-8-12-23)20(16)18(22)3/h13,17-20H,4-12,14-15H2,1-3H3,(H,24,25)/t17-,18+,20-,22+/m0/s1. The van der Waals surface area contributed by atoms with Gasteiger partial charge < -0.3 is 14.8 Å². The smallest absolute Gasteiger partial charge is 0.407 e. The van der Waals surface area contributed by atoms with Crippen LogP contribution in [0.3, 0.4) is 0 Å². The molecule has 1 N–H and O–H groups in total. The number of fused-ring (bicyclic) bond motifs is 3. The van der Waals surface area contributed by atoms with Crippen LogP contribution in [0.5, 0.6) is 0 Å². The molecule has 1 heterocycles. The number of rotatable bonds is 3. The summed E-state index contributed by atoms with van der Waals surface area (Å²) in [5.41, 5.74) is 1.43. The van der Waals surface area contributed by atoms with Crippen LogP contribution < -0.4 is 5.32 Å². The second-order valence-corrected chi connectivity index (χ2v) is 9.81. The van der Waals surface area contributed by atoms with Gasteiger partial charge in [-0.25, -0.2) is 4.79 Å². The molecule has 4 rings (SSSR count). The number of amides is 1. The molecule has 0 aromatic carbocycles. The highest BCUT2D eigenvalue weighted by Gasteiger charge is 2.60. The number of nitrogens with one attached hydrogen (secondary N) is 1. The van der Waals surface area contributed by atoms with E-state index in [4.69, 9.17) is 9.47 Å². The summed E-state index contributed by atoms with van der Waals surface area (Å²) in [5, 5.41) is 3.10. The molecule has 0 radical (unpaired) electrons. The molecule has 0 unspecified atom stereocenters. The summed E-state index contributed by atoms with van der Waals surface area (Å²) in [5.74, 6) is 1.31. The van der Waals surface area contributed by atoms with Crippen molar-refractivity contribution in [2.75, 3.05) is 13.2 Å². The van der Waals surface area contributed by atoms with Crippen LogP contribution in [0, 0.1) is 23.2 Å². The first kappa shape index (κ1) is 19.3. The van der Waals surface area contributed by atoms with Crippen LogP contribution in [0.2, 0.25) is 0 Å². The predicted molar refractivity (Wildman–Crippen MR) is 107 cm³/mol. The molecule has 2 bridgehead atoms. The summed E-state index contributed by atoms with van der Waals surface area (Å²) < 4.78 is 12.5. The molecule has 4 nitrogen and oxygen atoms in total. The highest BCUT2D eigenvalue weighted by atomic mass is 16.6. The van der Waals surface area contributed by atoms with Crippen molar-refractivity contribution in [1.82, 2.24) is 5.32 Å². The highest BCUT2D eigenvalue weighted by Crippen LogP contribution is 2.59. The lowest BCUT2D eigenvalue weighted by Crippen LogP contribution is -2.61. The van der Waals surface area contributed by atoms with Gasteiger partial charge in [0.1, 0.15) is 6.61 Å². The first-order chi connectivity index (χ1) is 13.0. The van der Waals surface area contributed by atoms with Gasteiger partial charge in [0.25, 0.3) is 0 Å². The Kier molecular flexibility index (Phi) is 5.30. The van der Waals surface area contributed by atoms with Crippen LogP contribution >= 0.6 is 0 Å². The minimum Gasteiger partial charge on any atom is -0.449 e. The Morgan fingerprint density at radius 1 is 1.19 bits per heavy atom. The average molecular weight is 376 g/mol. The van der Waals surface area contributed by atoms with Gasteiger partial charge in [0.15, 0.2) is 0 Å². The third-order valence-corrected chi connectivity index (χ3v) is 8.36. The molecule has 2 saturated carbocycles. The van der Waals surface area contributed by atoms with Crippen LogP contribution in [0.15, 0.2) is 11.6 Å². The molecule has 1 aliphatic heterocycles. The zero-order valence-corrected chi connectivity index (χ0v) is 17.4. The van der Waals surface area contributed by atoms with Gasteiger partial charge in [-0.1, -0.05) is 57.6 Å². The van der Waals surface area contributed by atoms with E-state index < -0.39 is 0 Å². The summed E-state index contributed by atoms with van der Waals surface area (Å²) in [6.07, 6.45) is 13.0. The average Bonchev–Trinajstić information content (AvgIpc) is 3.10. The molecule has 1 amide bonds. The van der Waals surface area contributed by atoms with Crippen LogP contribution in [-0.2, 0) is 9.47 Å². The van der Waals surface area contributed by atoms with Crippen LogP contribution in [-0.4, -0.2) is 30.9 Å². The van der Waals surface area contributed by atoms with E-state index >= 15 is 0 Å². The molecule has 3 aliphatic carbocycles. The minimum atomic E-state index is -0.236. The third-order valence-electron chi connectivity index (χ3n) is 8.36. The topological polar surface area (TPSA) is 47.6 Å². The fourth-order valence-electron chi connectivity index (χ4n) is 6.69.